The molecular formula is C16H23NO6. The minimum atomic E-state index is -1.88. The number of benzene rings is 1. The average Bonchev–Trinajstić information content (AvgIpc) is 2.37. The zero-order valence-corrected chi connectivity index (χ0v) is 14.0. The van der Waals surface area contributed by atoms with E-state index in [4.69, 9.17) is 14.6 Å². The van der Waals surface area contributed by atoms with Gasteiger partial charge in [-0.3, -0.25) is 5.32 Å². The van der Waals surface area contributed by atoms with Gasteiger partial charge < -0.3 is 19.7 Å². The van der Waals surface area contributed by atoms with Crippen molar-refractivity contribution in [2.45, 2.75) is 45.3 Å². The molecule has 0 aromatic heterocycles. The van der Waals surface area contributed by atoms with Gasteiger partial charge in [0, 0.05) is 6.42 Å². The summed E-state index contributed by atoms with van der Waals surface area (Å²) in [5.41, 5.74) is -1.56. The highest BCUT2D eigenvalue weighted by Crippen LogP contribution is 2.28. The highest BCUT2D eigenvalue weighted by atomic mass is 16.6. The van der Waals surface area contributed by atoms with Crippen LogP contribution in [0.2, 0.25) is 0 Å². The lowest BCUT2D eigenvalue weighted by Gasteiger charge is -2.21. The van der Waals surface area contributed by atoms with E-state index in [0.717, 1.165) is 0 Å². The Morgan fingerprint density at radius 3 is 2.30 bits per heavy atom. The first-order valence-corrected chi connectivity index (χ1v) is 7.07. The normalized spacial score (nSPS) is 13.8. The summed E-state index contributed by atoms with van der Waals surface area (Å²) in [7, 11) is 1.43. The second-order valence-corrected chi connectivity index (χ2v) is 6.42. The van der Waals surface area contributed by atoms with Crippen molar-refractivity contribution in [1.29, 1.82) is 0 Å². The van der Waals surface area contributed by atoms with Gasteiger partial charge in [-0.05, 0) is 45.4 Å². The molecule has 0 saturated carbocycles. The predicted molar refractivity (Wildman–Crippen MR) is 84.8 cm³/mol. The number of aliphatic carboxylic acids is 1. The summed E-state index contributed by atoms with van der Waals surface area (Å²) < 4.78 is 10.4. The van der Waals surface area contributed by atoms with Crippen LogP contribution >= 0.6 is 0 Å². The lowest BCUT2D eigenvalue weighted by atomic mass is 9.96. The number of ether oxygens (including phenoxy) is 2. The molecule has 0 aliphatic heterocycles. The first kappa shape index (κ1) is 18.8. The number of carboxylic acids is 1. The Balaban J connectivity index is 2.93. The predicted octanol–water partition coefficient (Wildman–Crippen LogP) is 2.42. The molecule has 1 aromatic rings. The monoisotopic (exact) mass is 325 g/mol. The van der Waals surface area contributed by atoms with Crippen LogP contribution in [0, 0.1) is 0 Å². The third-order valence-corrected chi connectivity index (χ3v) is 2.91. The molecule has 7 nitrogen and oxygen atoms in total. The zero-order chi connectivity index (χ0) is 17.8. The fraction of sp³-hybridized carbons (Fsp3) is 0.500. The standard InChI is InChI=1S/C16H23NO6/c1-15(2,3)23-14(20)17-11-7-6-10(8-12(11)22-5)9-16(4,21)13(18)19/h6-8,21H,9H2,1-5H3,(H,17,20)(H,18,19). The summed E-state index contributed by atoms with van der Waals surface area (Å²) in [6.45, 7) is 6.47. The fourth-order valence-corrected chi connectivity index (χ4v) is 1.84. The number of nitrogens with one attached hydrogen (secondary N) is 1. The van der Waals surface area contributed by atoms with E-state index in [2.05, 4.69) is 5.32 Å². The number of carbonyl (C=O) groups is 2. The average molecular weight is 325 g/mol. The molecule has 0 aliphatic rings. The van der Waals surface area contributed by atoms with E-state index in [1.54, 1.807) is 39.0 Å². The largest absolute Gasteiger partial charge is 0.495 e. The van der Waals surface area contributed by atoms with Crippen molar-refractivity contribution in [2.75, 3.05) is 12.4 Å². The maximum atomic E-state index is 11.8. The first-order chi connectivity index (χ1) is 10.4. The molecule has 0 heterocycles. The number of rotatable bonds is 5. The van der Waals surface area contributed by atoms with Gasteiger partial charge in [-0.15, -0.1) is 0 Å². The van der Waals surface area contributed by atoms with Gasteiger partial charge in [0.05, 0.1) is 12.8 Å². The van der Waals surface area contributed by atoms with Crippen molar-refractivity contribution < 1.29 is 29.3 Å². The summed E-state index contributed by atoms with van der Waals surface area (Å²) in [6.07, 6.45) is -0.716. The van der Waals surface area contributed by atoms with Crippen molar-refractivity contribution in [3.05, 3.63) is 23.8 Å². The van der Waals surface area contributed by atoms with E-state index >= 15 is 0 Å². The third kappa shape index (κ3) is 5.78. The second kappa shape index (κ2) is 6.87. The van der Waals surface area contributed by atoms with E-state index < -0.39 is 23.3 Å². The lowest BCUT2D eigenvalue weighted by Crippen LogP contribution is -2.37. The van der Waals surface area contributed by atoms with Crippen molar-refractivity contribution in [1.82, 2.24) is 0 Å². The number of anilines is 1. The third-order valence-electron chi connectivity index (χ3n) is 2.91. The molecule has 0 fully saturated rings. The molecule has 1 aromatic carbocycles. The SMILES string of the molecule is COc1cc(CC(C)(O)C(=O)O)ccc1NC(=O)OC(C)(C)C. The minimum Gasteiger partial charge on any atom is -0.495 e. The number of aliphatic hydroxyl groups is 1. The van der Waals surface area contributed by atoms with E-state index in [-0.39, 0.29) is 6.42 Å². The molecule has 0 spiro atoms. The summed E-state index contributed by atoms with van der Waals surface area (Å²) in [6, 6.07) is 4.73. The number of carbonyl (C=O) groups excluding carboxylic acids is 1. The zero-order valence-electron chi connectivity index (χ0n) is 14.0. The van der Waals surface area contributed by atoms with Crippen molar-refractivity contribution in [2.24, 2.45) is 0 Å². The van der Waals surface area contributed by atoms with Crippen LogP contribution in [0.5, 0.6) is 5.75 Å². The van der Waals surface area contributed by atoms with E-state index in [9.17, 15) is 14.7 Å². The van der Waals surface area contributed by atoms with Crippen LogP contribution in [0.1, 0.15) is 33.3 Å². The van der Waals surface area contributed by atoms with Gasteiger partial charge in [-0.25, -0.2) is 9.59 Å². The maximum Gasteiger partial charge on any atom is 0.412 e. The number of carboxylic acid groups (broad SMARTS) is 1. The van der Waals surface area contributed by atoms with Gasteiger partial charge in [-0.2, -0.15) is 0 Å². The van der Waals surface area contributed by atoms with Crippen LogP contribution in [0.3, 0.4) is 0 Å². The smallest absolute Gasteiger partial charge is 0.412 e. The molecule has 23 heavy (non-hydrogen) atoms. The van der Waals surface area contributed by atoms with E-state index in [1.807, 2.05) is 0 Å². The maximum absolute atomic E-state index is 11.8. The van der Waals surface area contributed by atoms with Crippen LogP contribution in [0.25, 0.3) is 0 Å². The van der Waals surface area contributed by atoms with Gasteiger partial charge in [0.25, 0.3) is 0 Å². The Kier molecular flexibility index (Phi) is 5.60. The van der Waals surface area contributed by atoms with Crippen molar-refractivity contribution >= 4 is 17.7 Å². The molecule has 0 bridgehead atoms. The first-order valence-electron chi connectivity index (χ1n) is 7.07. The Labute approximate surface area is 135 Å². The minimum absolute atomic E-state index is 0.0919. The second-order valence-electron chi connectivity index (χ2n) is 6.42. The van der Waals surface area contributed by atoms with Crippen LogP contribution in [-0.2, 0) is 16.0 Å². The summed E-state index contributed by atoms with van der Waals surface area (Å²) >= 11 is 0. The summed E-state index contributed by atoms with van der Waals surface area (Å²) in [5, 5.41) is 21.3. The molecular weight excluding hydrogens is 302 g/mol. The number of methoxy groups -OCH3 is 1. The molecule has 0 saturated heterocycles. The molecule has 128 valence electrons. The Hall–Kier alpha value is -2.28. The number of hydrogen-bond donors (Lipinski definition) is 3. The Morgan fingerprint density at radius 2 is 1.83 bits per heavy atom. The van der Waals surface area contributed by atoms with Gasteiger partial charge >= 0.3 is 12.1 Å². The molecule has 0 aliphatic carbocycles. The molecule has 1 amide bonds. The molecule has 1 atom stereocenters. The van der Waals surface area contributed by atoms with E-state index in [1.165, 1.54) is 14.0 Å². The molecule has 1 rings (SSSR count). The number of hydrogen-bond acceptors (Lipinski definition) is 5. The van der Waals surface area contributed by atoms with Gasteiger partial charge in [-0.1, -0.05) is 6.07 Å². The van der Waals surface area contributed by atoms with Crippen molar-refractivity contribution in [3.63, 3.8) is 0 Å². The van der Waals surface area contributed by atoms with Gasteiger partial charge in [0.1, 0.15) is 11.4 Å². The van der Waals surface area contributed by atoms with Crippen LogP contribution in [0.4, 0.5) is 10.5 Å². The Bertz CT molecular complexity index is 589. The fourth-order valence-electron chi connectivity index (χ4n) is 1.84. The van der Waals surface area contributed by atoms with Crippen LogP contribution in [-0.4, -0.2) is 40.6 Å². The van der Waals surface area contributed by atoms with Crippen molar-refractivity contribution in [3.8, 4) is 5.75 Å². The Morgan fingerprint density at radius 1 is 1.22 bits per heavy atom. The molecule has 0 radical (unpaired) electrons. The summed E-state index contributed by atoms with van der Waals surface area (Å²) in [4.78, 5) is 22.8. The highest BCUT2D eigenvalue weighted by molar-refractivity contribution is 5.87. The molecule has 1 unspecified atom stereocenters. The lowest BCUT2D eigenvalue weighted by molar-refractivity contribution is -0.156. The summed E-state index contributed by atoms with van der Waals surface area (Å²) in [5.74, 6) is -0.970. The van der Waals surface area contributed by atoms with Crippen LogP contribution in [0.15, 0.2) is 18.2 Å². The van der Waals surface area contributed by atoms with Crippen LogP contribution < -0.4 is 10.1 Å². The number of amides is 1. The molecule has 7 heteroatoms. The van der Waals surface area contributed by atoms with Gasteiger partial charge in [0.15, 0.2) is 5.60 Å². The quantitative estimate of drug-likeness (QED) is 0.768. The van der Waals surface area contributed by atoms with E-state index in [0.29, 0.717) is 17.0 Å². The van der Waals surface area contributed by atoms with Gasteiger partial charge in [0.2, 0.25) is 0 Å². The topological polar surface area (TPSA) is 105 Å². The highest BCUT2D eigenvalue weighted by Gasteiger charge is 2.30. The molecule has 3 N–H and O–H groups in total.